The Morgan fingerprint density at radius 2 is 0.826 bits per heavy atom. The van der Waals surface area contributed by atoms with Gasteiger partial charge < -0.3 is 11.5 Å². The first-order chi connectivity index (χ1) is 10.1. The van der Waals surface area contributed by atoms with Crippen molar-refractivity contribution in [3.63, 3.8) is 0 Å². The SMILES string of the molecule is C=CC[NH-].C=CC[NH-].CC(=O)CC(C)=O.CC(=O)CC(C)=O.[Ni+2]. The Morgan fingerprint density at radius 1 is 0.696 bits per heavy atom. The molecule has 2 N–H and O–H groups in total. The van der Waals surface area contributed by atoms with E-state index in [1.54, 1.807) is 12.2 Å². The molecule has 0 bridgehead atoms. The minimum absolute atomic E-state index is 0. The van der Waals surface area contributed by atoms with Crippen molar-refractivity contribution in [2.45, 2.75) is 40.5 Å². The molecule has 0 amide bonds. The number of hydrogen-bond donors (Lipinski definition) is 0. The van der Waals surface area contributed by atoms with E-state index in [1.807, 2.05) is 0 Å². The van der Waals surface area contributed by atoms with Crippen molar-refractivity contribution in [3.8, 4) is 0 Å². The molecule has 0 rings (SSSR count). The molecule has 0 fully saturated rings. The fraction of sp³-hybridized carbons (Fsp3) is 0.500. The molecular weight excluding hydrogens is 343 g/mol. The molecule has 136 valence electrons. The minimum atomic E-state index is -0.0625. The van der Waals surface area contributed by atoms with Crippen LogP contribution < -0.4 is 0 Å². The Hall–Kier alpha value is -1.43. The average Bonchev–Trinajstić information content (AvgIpc) is 2.36. The van der Waals surface area contributed by atoms with Crippen molar-refractivity contribution in [3.05, 3.63) is 36.8 Å². The molecule has 0 spiro atoms. The zero-order chi connectivity index (χ0) is 18.6. The number of Topliss-reactive ketones (excluding diaryl/α,β-unsaturated/α-hetero) is 4. The molecule has 6 nitrogen and oxygen atoms in total. The molecule has 7 heteroatoms. The zero-order valence-electron chi connectivity index (χ0n) is 14.3. The molecule has 0 aliphatic heterocycles. The van der Waals surface area contributed by atoms with E-state index in [0.29, 0.717) is 13.1 Å². The second kappa shape index (κ2) is 28.7. The normalized spacial score (nSPS) is 7.22. The smallest absolute Gasteiger partial charge is 0.674 e. The molecule has 0 saturated carbocycles. The van der Waals surface area contributed by atoms with Crippen molar-refractivity contribution in [2.75, 3.05) is 13.1 Å². The monoisotopic (exact) mass is 370 g/mol. The summed E-state index contributed by atoms with van der Waals surface area (Å²) in [7, 11) is 0. The molecule has 0 heterocycles. The zero-order valence-corrected chi connectivity index (χ0v) is 15.3. The van der Waals surface area contributed by atoms with Crippen LogP contribution in [0.1, 0.15) is 40.5 Å². The summed E-state index contributed by atoms with van der Waals surface area (Å²) < 4.78 is 0. The van der Waals surface area contributed by atoms with E-state index >= 15 is 0 Å². The molecule has 0 aliphatic carbocycles. The maximum atomic E-state index is 10.0. The minimum Gasteiger partial charge on any atom is -0.674 e. The van der Waals surface area contributed by atoms with Crippen molar-refractivity contribution in [1.82, 2.24) is 0 Å². The number of carbonyl (C=O) groups excluding carboxylic acids is 4. The van der Waals surface area contributed by atoms with Crippen LogP contribution in [-0.4, -0.2) is 36.2 Å². The fourth-order valence-corrected chi connectivity index (χ4v) is 0.701. The van der Waals surface area contributed by atoms with Gasteiger partial charge in [-0.25, -0.2) is 0 Å². The number of rotatable bonds is 6. The standard InChI is InChI=1S/2C5H8O2.2C3H6N.Ni/c2*1-4(6)3-5(2)7;2*1-2-3-4;/h2*3H2,1-2H3;2*2,4H,1,3H2;/q;;2*-1;+2. The Kier molecular flexibility index (Phi) is 41.5. The van der Waals surface area contributed by atoms with Gasteiger partial charge in [0.25, 0.3) is 0 Å². The fourth-order valence-electron chi connectivity index (χ4n) is 0.701. The van der Waals surface area contributed by atoms with E-state index in [-0.39, 0.29) is 52.5 Å². The molecule has 0 unspecified atom stereocenters. The number of hydrogen-bond acceptors (Lipinski definition) is 4. The van der Waals surface area contributed by atoms with E-state index < -0.39 is 0 Å². The van der Waals surface area contributed by atoms with Gasteiger partial charge in [-0.15, -0.1) is 38.4 Å². The van der Waals surface area contributed by atoms with Gasteiger partial charge in [0.1, 0.15) is 23.1 Å². The van der Waals surface area contributed by atoms with Gasteiger partial charge >= 0.3 is 16.5 Å². The predicted molar refractivity (Wildman–Crippen MR) is 90.7 cm³/mol. The second-order valence-corrected chi connectivity index (χ2v) is 4.15. The summed E-state index contributed by atoms with van der Waals surface area (Å²) in [6, 6.07) is 0. The van der Waals surface area contributed by atoms with E-state index in [9.17, 15) is 19.2 Å². The van der Waals surface area contributed by atoms with Crippen LogP contribution in [0, 0.1) is 0 Å². The summed E-state index contributed by atoms with van der Waals surface area (Å²) in [4.78, 5) is 40.1. The van der Waals surface area contributed by atoms with Crippen LogP contribution in [0.3, 0.4) is 0 Å². The van der Waals surface area contributed by atoms with Gasteiger partial charge in [-0.3, -0.25) is 19.2 Å². The van der Waals surface area contributed by atoms with E-state index in [1.165, 1.54) is 27.7 Å². The molecule has 0 saturated heterocycles. The van der Waals surface area contributed by atoms with E-state index in [0.717, 1.165) is 0 Å². The van der Waals surface area contributed by atoms with Gasteiger partial charge in [-0.05, 0) is 27.7 Å². The maximum Gasteiger partial charge on any atom is 2.00 e. The quantitative estimate of drug-likeness (QED) is 0.403. The van der Waals surface area contributed by atoms with Gasteiger partial charge in [0.05, 0.1) is 12.8 Å². The average molecular weight is 371 g/mol. The summed E-state index contributed by atoms with van der Waals surface area (Å²) in [5.41, 5.74) is 12.7. The summed E-state index contributed by atoms with van der Waals surface area (Å²) in [6.45, 7) is 12.9. The Labute approximate surface area is 149 Å². The molecule has 0 aromatic carbocycles. The van der Waals surface area contributed by atoms with Crippen molar-refractivity contribution in [2.24, 2.45) is 0 Å². The summed E-state index contributed by atoms with van der Waals surface area (Å²) >= 11 is 0. The molecule has 23 heavy (non-hydrogen) atoms. The van der Waals surface area contributed by atoms with Gasteiger partial charge in [-0.1, -0.05) is 0 Å². The third kappa shape index (κ3) is 96.6. The Bertz CT molecular complexity index is 298. The molecule has 0 aromatic rings. The second-order valence-electron chi connectivity index (χ2n) is 4.15. The number of nitrogens with one attached hydrogen (secondary N) is 2. The van der Waals surface area contributed by atoms with Gasteiger partial charge in [-0.2, -0.15) is 0 Å². The molecule has 0 aromatic heterocycles. The van der Waals surface area contributed by atoms with Crippen LogP contribution in [0.2, 0.25) is 0 Å². The van der Waals surface area contributed by atoms with Crippen LogP contribution >= 0.6 is 0 Å². The van der Waals surface area contributed by atoms with Crippen LogP contribution in [0.15, 0.2) is 25.3 Å². The molecule has 0 atom stereocenters. The van der Waals surface area contributed by atoms with Crippen LogP contribution in [0.5, 0.6) is 0 Å². The van der Waals surface area contributed by atoms with E-state index in [2.05, 4.69) is 13.2 Å². The molecule has 0 radical (unpaired) electrons. The van der Waals surface area contributed by atoms with Crippen LogP contribution in [0.4, 0.5) is 0 Å². The third-order valence-electron chi connectivity index (χ3n) is 1.28. The Morgan fingerprint density at radius 3 is 0.826 bits per heavy atom. The van der Waals surface area contributed by atoms with Crippen LogP contribution in [0.25, 0.3) is 11.5 Å². The van der Waals surface area contributed by atoms with Crippen molar-refractivity contribution >= 4 is 23.1 Å². The first-order valence-corrected chi connectivity index (χ1v) is 6.57. The number of carbonyl (C=O) groups is 4. The maximum absolute atomic E-state index is 10.0. The topological polar surface area (TPSA) is 116 Å². The van der Waals surface area contributed by atoms with Crippen molar-refractivity contribution < 1.29 is 35.7 Å². The Balaban J connectivity index is -0.0000000639. The first-order valence-electron chi connectivity index (χ1n) is 6.57. The largest absolute Gasteiger partial charge is 2.00 e. The summed E-state index contributed by atoms with van der Waals surface area (Å²) in [5, 5.41) is 0. The third-order valence-corrected chi connectivity index (χ3v) is 1.28. The van der Waals surface area contributed by atoms with Crippen LogP contribution in [-0.2, 0) is 35.7 Å². The van der Waals surface area contributed by atoms with Gasteiger partial charge in [0.15, 0.2) is 0 Å². The number of ketones is 4. The summed E-state index contributed by atoms with van der Waals surface area (Å²) in [5.74, 6) is -0.250. The van der Waals surface area contributed by atoms with Gasteiger partial charge in [0.2, 0.25) is 0 Å². The predicted octanol–water partition coefficient (Wildman–Crippen LogP) is 3.56. The van der Waals surface area contributed by atoms with E-state index in [4.69, 9.17) is 11.5 Å². The van der Waals surface area contributed by atoms with Gasteiger partial charge in [0, 0.05) is 0 Å². The first kappa shape index (κ1) is 33.2. The summed E-state index contributed by atoms with van der Waals surface area (Å²) in [6.07, 6.45) is 3.25. The van der Waals surface area contributed by atoms with Crippen molar-refractivity contribution in [1.29, 1.82) is 0 Å². The molecular formula is C16H28N2NiO4. The molecule has 0 aliphatic rings.